The molecule has 0 aromatic heterocycles. The summed E-state index contributed by atoms with van der Waals surface area (Å²) in [7, 11) is 0. The number of anilines is 1. The summed E-state index contributed by atoms with van der Waals surface area (Å²) in [5, 5.41) is 44.7. The maximum atomic E-state index is 15.2. The molecule has 0 heterocycles. The van der Waals surface area contributed by atoms with E-state index < -0.39 is 173 Å². The van der Waals surface area contributed by atoms with E-state index in [4.69, 9.17) is 0 Å². The summed E-state index contributed by atoms with van der Waals surface area (Å²) in [6, 6.07) is -1.00. The van der Waals surface area contributed by atoms with Gasteiger partial charge in [-0.2, -0.15) is 79.0 Å². The minimum Gasteiger partial charge on any atom is -0.478 e. The predicted molar refractivity (Wildman–Crippen MR) is 227 cm³/mol. The van der Waals surface area contributed by atoms with E-state index in [-0.39, 0.29) is 55.0 Å². The van der Waals surface area contributed by atoms with E-state index in [1.807, 2.05) is 0 Å². The van der Waals surface area contributed by atoms with Crippen LogP contribution in [0.2, 0.25) is 0 Å². The van der Waals surface area contributed by atoms with Crippen molar-refractivity contribution in [2.45, 2.75) is 120 Å². The maximum Gasteiger partial charge on any atom is 0.430 e. The van der Waals surface area contributed by atoms with Crippen molar-refractivity contribution in [1.29, 1.82) is 0 Å². The van der Waals surface area contributed by atoms with Crippen LogP contribution in [0.15, 0.2) is 60.7 Å². The molecule has 28 heteroatoms. The first-order chi connectivity index (χ1) is 33.6. The number of aromatic carboxylic acids is 2. The molecule has 0 bridgehead atoms. The molecular formula is C47H40F18N2O8. The van der Waals surface area contributed by atoms with Crippen LogP contribution < -0.4 is 10.6 Å². The predicted octanol–water partition coefficient (Wildman–Crippen LogP) is 12.5. The Labute approximate surface area is 411 Å². The first kappa shape index (κ1) is 61.0. The molecule has 412 valence electrons. The lowest BCUT2D eigenvalue weighted by Gasteiger charge is -2.38. The standard InChI is InChI=1S/C47H40F18N2O8/c1-8-38(6,7)30-13-20(4)26(17-31(30)40(74,44(54,55)56)45(57,58)59)27-18-32(41(75,46(60,61)62)47(63,64)65)33(14-21(27)5)67-35(69)25-12-10-23(16-29(25)37(72)73)39(42(48,49)50,43(51,52)53)22-9-11-24(28(15-22)36(70)71)34(68)66-19(2)3/h9-19,74-75H,8H2,1-7H3,(H,66,68)(H,67,69)(H,70,71)(H,72,73). The van der Waals surface area contributed by atoms with Gasteiger partial charge < -0.3 is 31.1 Å². The van der Waals surface area contributed by atoms with Gasteiger partial charge in [0.05, 0.1) is 22.3 Å². The van der Waals surface area contributed by atoms with Crippen LogP contribution in [0.25, 0.3) is 11.1 Å². The fraction of sp³-hybridized carbons (Fsp3) is 0.404. The van der Waals surface area contributed by atoms with Crippen molar-refractivity contribution in [3.05, 3.63) is 122 Å². The highest BCUT2D eigenvalue weighted by molar-refractivity contribution is 6.11. The summed E-state index contributed by atoms with van der Waals surface area (Å²) < 4.78 is 266. The van der Waals surface area contributed by atoms with Crippen molar-refractivity contribution in [2.75, 3.05) is 5.32 Å². The van der Waals surface area contributed by atoms with Gasteiger partial charge in [0.2, 0.25) is 5.41 Å². The van der Waals surface area contributed by atoms with Gasteiger partial charge in [-0.3, -0.25) is 9.59 Å². The molecule has 0 unspecified atom stereocenters. The molecule has 10 nitrogen and oxygen atoms in total. The SMILES string of the molecule is CCC(C)(C)c1cc(C)c(-c2cc(C(O)(C(F)(F)F)C(F)(F)F)c(NC(=O)c3ccc(C(c4ccc(C(=O)NC(C)C)c(C(=O)O)c4)(C(F)(F)F)C(F)(F)F)cc3C(=O)O)cc2C)cc1C(O)(C(F)(F)F)C(F)(F)F. The molecular weight excluding hydrogens is 1060 g/mol. The van der Waals surface area contributed by atoms with E-state index in [1.165, 1.54) is 26.1 Å². The number of carbonyl (C=O) groups excluding carboxylic acids is 2. The zero-order valence-corrected chi connectivity index (χ0v) is 39.3. The summed E-state index contributed by atoms with van der Waals surface area (Å²) in [5.74, 6) is -8.37. The average molecular weight is 1100 g/mol. The first-order valence-corrected chi connectivity index (χ1v) is 21.2. The van der Waals surface area contributed by atoms with E-state index >= 15 is 26.3 Å². The monoisotopic (exact) mass is 1100 g/mol. The molecule has 4 aromatic carbocycles. The molecule has 0 radical (unpaired) electrons. The molecule has 4 aromatic rings. The molecule has 6 N–H and O–H groups in total. The Kier molecular flexibility index (Phi) is 15.9. The lowest BCUT2D eigenvalue weighted by molar-refractivity contribution is -0.376. The normalized spacial score (nSPS) is 13.8. The van der Waals surface area contributed by atoms with Gasteiger partial charge >= 0.3 is 49.0 Å². The third-order valence-electron chi connectivity index (χ3n) is 12.4. The summed E-state index contributed by atoms with van der Waals surface area (Å²) in [6.07, 6.45) is -40.7. The topological polar surface area (TPSA) is 173 Å². The van der Waals surface area contributed by atoms with Crippen molar-refractivity contribution >= 4 is 29.4 Å². The number of carbonyl (C=O) groups is 4. The fourth-order valence-electron chi connectivity index (χ4n) is 8.20. The van der Waals surface area contributed by atoms with E-state index in [2.05, 4.69) is 5.32 Å². The average Bonchev–Trinajstić information content (AvgIpc) is 3.23. The molecule has 2 amide bonds. The number of hydrogen-bond acceptors (Lipinski definition) is 6. The minimum atomic E-state index is -6.94. The molecule has 0 spiro atoms. The molecule has 0 saturated heterocycles. The van der Waals surface area contributed by atoms with Crippen LogP contribution in [0.3, 0.4) is 0 Å². The van der Waals surface area contributed by atoms with Crippen LogP contribution in [0.4, 0.5) is 84.7 Å². The Balaban J connectivity index is 2.14. The quantitative estimate of drug-likeness (QED) is 0.0718. The molecule has 0 fully saturated rings. The highest BCUT2D eigenvalue weighted by atomic mass is 19.4. The number of aliphatic hydroxyl groups is 2. The van der Waals surface area contributed by atoms with Gasteiger partial charge in [0.15, 0.2) is 0 Å². The second-order valence-corrected chi connectivity index (χ2v) is 18.0. The van der Waals surface area contributed by atoms with Gasteiger partial charge in [0.1, 0.15) is 0 Å². The smallest absolute Gasteiger partial charge is 0.430 e. The minimum absolute atomic E-state index is 0.0171. The second-order valence-electron chi connectivity index (χ2n) is 18.0. The Bertz CT molecular complexity index is 2870. The Morgan fingerprint density at radius 1 is 0.493 bits per heavy atom. The van der Waals surface area contributed by atoms with Crippen LogP contribution in [-0.4, -0.2) is 87.3 Å². The van der Waals surface area contributed by atoms with E-state index in [1.54, 1.807) is 0 Å². The van der Waals surface area contributed by atoms with Gasteiger partial charge in [0.25, 0.3) is 23.0 Å². The van der Waals surface area contributed by atoms with Crippen LogP contribution in [-0.2, 0) is 22.0 Å². The molecule has 0 atom stereocenters. The van der Waals surface area contributed by atoms with Crippen LogP contribution >= 0.6 is 0 Å². The molecule has 0 aliphatic heterocycles. The maximum absolute atomic E-state index is 15.2. The van der Waals surface area contributed by atoms with Crippen LogP contribution in [0, 0.1) is 13.8 Å². The Morgan fingerprint density at radius 2 is 0.853 bits per heavy atom. The Hall–Kier alpha value is -6.58. The number of benzene rings is 4. The zero-order chi connectivity index (χ0) is 58.2. The number of aryl methyl sites for hydroxylation is 2. The lowest BCUT2D eigenvalue weighted by atomic mass is 9.71. The van der Waals surface area contributed by atoms with Gasteiger partial charge in [-0.15, -0.1) is 0 Å². The third-order valence-corrected chi connectivity index (χ3v) is 12.4. The number of rotatable bonds is 13. The number of alkyl halides is 18. The van der Waals surface area contributed by atoms with Crippen molar-refractivity contribution in [2.24, 2.45) is 0 Å². The number of amides is 2. The molecule has 0 saturated carbocycles. The van der Waals surface area contributed by atoms with E-state index in [0.29, 0.717) is 6.07 Å². The summed E-state index contributed by atoms with van der Waals surface area (Å²) >= 11 is 0. The largest absolute Gasteiger partial charge is 0.478 e. The number of carboxylic acids is 2. The third kappa shape index (κ3) is 10.4. The van der Waals surface area contributed by atoms with Crippen LogP contribution in [0.5, 0.6) is 0 Å². The highest BCUT2D eigenvalue weighted by Crippen LogP contribution is 2.58. The molecule has 75 heavy (non-hydrogen) atoms. The van der Waals surface area contributed by atoms with Gasteiger partial charge in [-0.05, 0) is 121 Å². The Morgan fingerprint density at radius 3 is 1.20 bits per heavy atom. The van der Waals surface area contributed by atoms with Crippen molar-refractivity contribution in [3.63, 3.8) is 0 Å². The van der Waals surface area contributed by atoms with Crippen molar-refractivity contribution < 1.29 is 119 Å². The van der Waals surface area contributed by atoms with Gasteiger partial charge in [-0.25, -0.2) is 9.59 Å². The van der Waals surface area contributed by atoms with Gasteiger partial charge in [0, 0.05) is 22.9 Å². The number of halogens is 18. The molecule has 0 aliphatic rings. The molecule has 0 aliphatic carbocycles. The van der Waals surface area contributed by atoms with Gasteiger partial charge in [-0.1, -0.05) is 39.0 Å². The van der Waals surface area contributed by atoms with Crippen molar-refractivity contribution in [1.82, 2.24) is 5.32 Å². The first-order valence-electron chi connectivity index (χ1n) is 21.2. The highest BCUT2D eigenvalue weighted by Gasteiger charge is 2.75. The zero-order valence-electron chi connectivity index (χ0n) is 39.3. The number of hydrogen-bond donors (Lipinski definition) is 6. The van der Waals surface area contributed by atoms with E-state index in [0.717, 1.165) is 27.7 Å². The number of carboxylic acid groups (broad SMARTS) is 2. The summed E-state index contributed by atoms with van der Waals surface area (Å²) in [6.45, 7) is 7.92. The summed E-state index contributed by atoms with van der Waals surface area (Å²) in [5.41, 5.74) is -39.9. The van der Waals surface area contributed by atoms with E-state index in [9.17, 15) is 92.3 Å². The second kappa shape index (κ2) is 19.5. The van der Waals surface area contributed by atoms with Crippen molar-refractivity contribution in [3.8, 4) is 11.1 Å². The molecule has 4 rings (SSSR count). The van der Waals surface area contributed by atoms with Crippen LogP contribution in [0.1, 0.15) is 121 Å². The fourth-order valence-corrected chi connectivity index (χ4v) is 8.20. The lowest BCUT2D eigenvalue weighted by Crippen LogP contribution is -2.55. The summed E-state index contributed by atoms with van der Waals surface area (Å²) in [4.78, 5) is 51.3. The number of nitrogens with one attached hydrogen (secondary N) is 2.